The molecule has 0 unspecified atom stereocenters. The Morgan fingerprint density at radius 3 is 2.00 bits per heavy atom. The first-order valence-electron chi connectivity index (χ1n) is 3.74. The minimum atomic E-state index is -1.26. The zero-order chi connectivity index (χ0) is 11.8. The van der Waals surface area contributed by atoms with E-state index in [9.17, 15) is 14.4 Å². The molecule has 1 atom stereocenters. The number of carbonyl (C=O) groups excluding carboxylic acids is 1. The van der Waals surface area contributed by atoms with Crippen molar-refractivity contribution in [3.05, 3.63) is 12.2 Å². The van der Waals surface area contributed by atoms with E-state index in [0.29, 0.717) is 18.8 Å². The van der Waals surface area contributed by atoms with Crippen LogP contribution in [0.3, 0.4) is 0 Å². The maximum absolute atomic E-state index is 10.2. The van der Waals surface area contributed by atoms with Gasteiger partial charge in [0.1, 0.15) is 6.04 Å². The van der Waals surface area contributed by atoms with E-state index in [-0.39, 0.29) is 5.91 Å². The van der Waals surface area contributed by atoms with Gasteiger partial charge in [0.05, 0.1) is 6.61 Å². The van der Waals surface area contributed by atoms with Crippen LogP contribution in [0.4, 0.5) is 0 Å². The number of aliphatic carboxylic acids is 2. The van der Waals surface area contributed by atoms with Crippen LogP contribution < -0.4 is 11.2 Å². The number of nitrogens with two attached hydrogens (primary N) is 1. The lowest BCUT2D eigenvalue weighted by Gasteiger charge is -1.87. The highest BCUT2D eigenvalue weighted by Gasteiger charge is 2.19. The number of hydroxylamine groups is 1. The third-order valence-corrected chi connectivity index (χ3v) is 1.14. The Labute approximate surface area is 84.3 Å². The van der Waals surface area contributed by atoms with Gasteiger partial charge in [-0.2, -0.15) is 0 Å². The van der Waals surface area contributed by atoms with E-state index in [4.69, 9.17) is 15.9 Å². The van der Waals surface area contributed by atoms with Gasteiger partial charge >= 0.3 is 11.9 Å². The van der Waals surface area contributed by atoms with E-state index in [1.165, 1.54) is 0 Å². The fraction of sp³-hybridized carbons (Fsp3) is 0.286. The van der Waals surface area contributed by atoms with Gasteiger partial charge in [0.2, 0.25) is 0 Å². The van der Waals surface area contributed by atoms with E-state index >= 15 is 0 Å². The summed E-state index contributed by atoms with van der Waals surface area (Å²) in [5.74, 6) is -2.75. The first kappa shape index (κ1) is 13.1. The number of amides is 1. The molecule has 8 heteroatoms. The second-order valence-electron chi connectivity index (χ2n) is 2.39. The molecule has 5 N–H and O–H groups in total. The van der Waals surface area contributed by atoms with Gasteiger partial charge < -0.3 is 15.9 Å². The predicted molar refractivity (Wildman–Crippen MR) is 46.5 cm³/mol. The summed E-state index contributed by atoms with van der Waals surface area (Å²) in [5.41, 5.74) is 7.25. The van der Waals surface area contributed by atoms with Gasteiger partial charge in [-0.05, 0) is 0 Å². The minimum Gasteiger partial charge on any atom is -0.478 e. The third kappa shape index (κ3) is 7.16. The monoisotopic (exact) mass is 218 g/mol. The van der Waals surface area contributed by atoms with Crippen LogP contribution in [0.2, 0.25) is 0 Å². The van der Waals surface area contributed by atoms with Crippen LogP contribution in [0.1, 0.15) is 0 Å². The van der Waals surface area contributed by atoms with Crippen molar-refractivity contribution in [1.29, 1.82) is 0 Å². The molecule has 84 valence electrons. The molecule has 15 heavy (non-hydrogen) atoms. The van der Waals surface area contributed by atoms with Gasteiger partial charge in [-0.3, -0.25) is 9.63 Å². The van der Waals surface area contributed by atoms with Crippen molar-refractivity contribution in [2.45, 2.75) is 6.04 Å². The normalized spacial score (nSPS) is 19.3. The van der Waals surface area contributed by atoms with Gasteiger partial charge in [-0.15, -0.1) is 0 Å². The van der Waals surface area contributed by atoms with E-state index in [2.05, 4.69) is 10.3 Å². The summed E-state index contributed by atoms with van der Waals surface area (Å²) in [6, 6.07) is -0.458. The van der Waals surface area contributed by atoms with Crippen LogP contribution in [0.15, 0.2) is 12.2 Å². The summed E-state index contributed by atoms with van der Waals surface area (Å²) in [6.07, 6.45) is 1.12. The van der Waals surface area contributed by atoms with Crippen molar-refractivity contribution < 1.29 is 29.4 Å². The average molecular weight is 218 g/mol. The van der Waals surface area contributed by atoms with Gasteiger partial charge in [0.15, 0.2) is 0 Å². The predicted octanol–water partition coefficient (Wildman–Crippen LogP) is -1.91. The van der Waals surface area contributed by atoms with Crippen LogP contribution in [0.25, 0.3) is 0 Å². The van der Waals surface area contributed by atoms with E-state index in [1.807, 2.05) is 0 Å². The van der Waals surface area contributed by atoms with E-state index in [0.717, 1.165) is 0 Å². The molecule has 0 spiro atoms. The Hall–Kier alpha value is -1.93. The molecule has 0 saturated carbocycles. The molecular formula is C7H10N2O6. The van der Waals surface area contributed by atoms with Crippen LogP contribution in [0, 0.1) is 0 Å². The number of carbonyl (C=O) groups is 3. The van der Waals surface area contributed by atoms with Gasteiger partial charge in [0.25, 0.3) is 5.91 Å². The van der Waals surface area contributed by atoms with Gasteiger partial charge in [-0.25, -0.2) is 15.1 Å². The lowest BCUT2D eigenvalue weighted by Crippen LogP contribution is -2.31. The van der Waals surface area contributed by atoms with Gasteiger partial charge in [0, 0.05) is 12.2 Å². The molecule has 1 aliphatic rings. The highest BCUT2D eigenvalue weighted by molar-refractivity contribution is 5.89. The Bertz CT molecular complexity index is 271. The fourth-order valence-corrected chi connectivity index (χ4v) is 0.497. The smallest absolute Gasteiger partial charge is 0.328 e. The molecule has 1 aliphatic heterocycles. The standard InChI is InChI=1S/C4H4O4.C3H6N2O2/c5-3(6)1-2-4(7)8;4-2-1-7-5-3(2)6/h1-2H,(H,5,6)(H,7,8);2H,1,4H2,(H,5,6)/b2-1-;/t;2-/m.1/s1. The van der Waals surface area contributed by atoms with Crippen molar-refractivity contribution in [2.24, 2.45) is 5.73 Å². The molecular weight excluding hydrogens is 208 g/mol. The number of carboxylic acid groups (broad SMARTS) is 2. The number of rotatable bonds is 2. The zero-order valence-corrected chi connectivity index (χ0v) is 7.54. The first-order chi connectivity index (χ1) is 6.93. The van der Waals surface area contributed by atoms with Crippen molar-refractivity contribution >= 4 is 17.8 Å². The molecule has 0 aromatic rings. The molecule has 1 fully saturated rings. The van der Waals surface area contributed by atoms with Crippen LogP contribution in [-0.4, -0.2) is 40.7 Å². The van der Waals surface area contributed by atoms with Crippen LogP contribution in [-0.2, 0) is 19.2 Å². The number of carboxylic acids is 2. The molecule has 0 bridgehead atoms. The maximum Gasteiger partial charge on any atom is 0.328 e. The molecule has 0 radical (unpaired) electrons. The third-order valence-electron chi connectivity index (χ3n) is 1.14. The van der Waals surface area contributed by atoms with Crippen molar-refractivity contribution in [3.8, 4) is 0 Å². The van der Waals surface area contributed by atoms with Crippen LogP contribution >= 0.6 is 0 Å². The van der Waals surface area contributed by atoms with Crippen LogP contribution in [0.5, 0.6) is 0 Å². The lowest BCUT2D eigenvalue weighted by atomic mass is 10.3. The summed E-state index contributed by atoms with van der Waals surface area (Å²) >= 11 is 0. The molecule has 0 aromatic carbocycles. The molecule has 1 rings (SSSR count). The molecule has 0 aromatic heterocycles. The van der Waals surface area contributed by atoms with E-state index in [1.54, 1.807) is 0 Å². The Morgan fingerprint density at radius 1 is 1.40 bits per heavy atom. The quantitative estimate of drug-likeness (QED) is 0.396. The Morgan fingerprint density at radius 2 is 1.87 bits per heavy atom. The summed E-state index contributed by atoms with van der Waals surface area (Å²) in [4.78, 5) is 33.8. The molecule has 1 saturated heterocycles. The maximum atomic E-state index is 10.2. The minimum absolute atomic E-state index is 0.236. The Kier molecular flexibility index (Phi) is 5.67. The summed E-state index contributed by atoms with van der Waals surface area (Å²) < 4.78 is 0. The molecule has 8 nitrogen and oxygen atoms in total. The Balaban J connectivity index is 0.000000262. The zero-order valence-electron chi connectivity index (χ0n) is 7.54. The molecule has 1 heterocycles. The number of hydrogen-bond acceptors (Lipinski definition) is 5. The summed E-state index contributed by atoms with van der Waals surface area (Å²) in [7, 11) is 0. The topological polar surface area (TPSA) is 139 Å². The van der Waals surface area contributed by atoms with Gasteiger partial charge in [-0.1, -0.05) is 0 Å². The lowest BCUT2D eigenvalue weighted by molar-refractivity contribution is -0.134. The fourth-order valence-electron chi connectivity index (χ4n) is 0.497. The summed E-state index contributed by atoms with van der Waals surface area (Å²) in [5, 5.41) is 15.6. The summed E-state index contributed by atoms with van der Waals surface area (Å²) in [6.45, 7) is 0.291. The largest absolute Gasteiger partial charge is 0.478 e. The highest BCUT2D eigenvalue weighted by atomic mass is 16.7. The average Bonchev–Trinajstić information content (AvgIpc) is 2.49. The number of nitrogens with one attached hydrogen (secondary N) is 1. The SMILES string of the molecule is N[C@@H]1CONC1=O.O=C(O)/C=C\C(=O)O. The van der Waals surface area contributed by atoms with Crippen molar-refractivity contribution in [1.82, 2.24) is 5.48 Å². The second-order valence-corrected chi connectivity index (χ2v) is 2.39. The first-order valence-corrected chi connectivity index (χ1v) is 3.74. The molecule has 0 aliphatic carbocycles. The van der Waals surface area contributed by atoms with E-state index < -0.39 is 18.0 Å². The van der Waals surface area contributed by atoms with Crippen molar-refractivity contribution in [2.75, 3.05) is 6.61 Å². The second kappa shape index (κ2) is 6.51. The number of hydrogen-bond donors (Lipinski definition) is 4. The highest BCUT2D eigenvalue weighted by Crippen LogP contribution is 1.87. The van der Waals surface area contributed by atoms with Crippen molar-refractivity contribution in [3.63, 3.8) is 0 Å². The molecule has 1 amide bonds.